The van der Waals surface area contributed by atoms with Crippen LogP contribution in [0, 0.1) is 27.7 Å². The van der Waals surface area contributed by atoms with Crippen molar-refractivity contribution in [3.63, 3.8) is 0 Å². The van der Waals surface area contributed by atoms with E-state index in [-0.39, 0.29) is 6.04 Å². The highest BCUT2D eigenvalue weighted by Gasteiger charge is 2.14. The first kappa shape index (κ1) is 15.8. The van der Waals surface area contributed by atoms with Gasteiger partial charge in [0.05, 0.1) is 6.04 Å². The summed E-state index contributed by atoms with van der Waals surface area (Å²) in [5.41, 5.74) is 8.06. The van der Waals surface area contributed by atoms with Crippen LogP contribution in [0.5, 0.6) is 0 Å². The van der Waals surface area contributed by atoms with Crippen molar-refractivity contribution in [2.75, 3.05) is 6.54 Å². The summed E-state index contributed by atoms with van der Waals surface area (Å²) in [4.78, 5) is 0. The maximum atomic E-state index is 3.71. The SMILES string of the molecule is CCCNC(c1cc(C)cc(C)c1)c1cc(C)cc(C)c1. The van der Waals surface area contributed by atoms with Gasteiger partial charge in [-0.15, -0.1) is 0 Å². The zero-order valence-corrected chi connectivity index (χ0v) is 14.0. The second-order valence-electron chi connectivity index (χ2n) is 6.23. The molecule has 2 aromatic carbocycles. The minimum absolute atomic E-state index is 0.280. The summed E-state index contributed by atoms with van der Waals surface area (Å²) in [7, 11) is 0. The van der Waals surface area contributed by atoms with Crippen molar-refractivity contribution in [3.05, 3.63) is 69.8 Å². The first-order chi connectivity index (χ1) is 9.99. The Hall–Kier alpha value is -1.60. The fourth-order valence-electron chi connectivity index (χ4n) is 3.07. The number of hydrogen-bond donors (Lipinski definition) is 1. The van der Waals surface area contributed by atoms with E-state index in [4.69, 9.17) is 0 Å². The number of benzene rings is 2. The van der Waals surface area contributed by atoms with Gasteiger partial charge in [0, 0.05) is 0 Å². The maximum absolute atomic E-state index is 3.71. The molecule has 0 saturated heterocycles. The monoisotopic (exact) mass is 281 g/mol. The van der Waals surface area contributed by atoms with Gasteiger partial charge in [-0.25, -0.2) is 0 Å². The molecule has 0 aromatic heterocycles. The molecule has 0 amide bonds. The second kappa shape index (κ2) is 6.91. The van der Waals surface area contributed by atoms with Crippen LogP contribution in [0.25, 0.3) is 0 Å². The largest absolute Gasteiger partial charge is 0.306 e. The van der Waals surface area contributed by atoms with Crippen LogP contribution in [0.1, 0.15) is 52.8 Å². The van der Waals surface area contributed by atoms with Crippen LogP contribution >= 0.6 is 0 Å². The Bertz CT molecular complexity index is 521. The molecule has 0 radical (unpaired) electrons. The van der Waals surface area contributed by atoms with E-state index in [2.05, 4.69) is 76.3 Å². The average Bonchev–Trinajstić information content (AvgIpc) is 2.37. The minimum atomic E-state index is 0.280. The predicted octanol–water partition coefficient (Wildman–Crippen LogP) is 5.01. The van der Waals surface area contributed by atoms with Gasteiger partial charge in [0.2, 0.25) is 0 Å². The molecule has 0 aliphatic heterocycles. The molecule has 21 heavy (non-hydrogen) atoms. The standard InChI is InChI=1S/C20H27N/c1-6-7-21-20(18-10-14(2)8-15(3)11-18)19-12-16(4)9-17(5)13-19/h8-13,20-21H,6-7H2,1-5H3. The van der Waals surface area contributed by atoms with E-state index >= 15 is 0 Å². The topological polar surface area (TPSA) is 12.0 Å². The van der Waals surface area contributed by atoms with Crippen LogP contribution in [-0.2, 0) is 0 Å². The summed E-state index contributed by atoms with van der Waals surface area (Å²) >= 11 is 0. The van der Waals surface area contributed by atoms with Crippen molar-refractivity contribution < 1.29 is 0 Å². The van der Waals surface area contributed by atoms with E-state index in [0.717, 1.165) is 13.0 Å². The molecule has 1 N–H and O–H groups in total. The van der Waals surface area contributed by atoms with E-state index in [0.29, 0.717) is 0 Å². The van der Waals surface area contributed by atoms with Gasteiger partial charge in [0.15, 0.2) is 0 Å². The van der Waals surface area contributed by atoms with Crippen molar-refractivity contribution in [1.82, 2.24) is 5.32 Å². The van der Waals surface area contributed by atoms with Crippen LogP contribution < -0.4 is 5.32 Å². The second-order valence-corrected chi connectivity index (χ2v) is 6.23. The molecule has 1 heteroatoms. The molecule has 0 heterocycles. The highest BCUT2D eigenvalue weighted by molar-refractivity contribution is 5.39. The van der Waals surface area contributed by atoms with E-state index < -0.39 is 0 Å². The number of aryl methyl sites for hydroxylation is 4. The first-order valence-corrected chi connectivity index (χ1v) is 7.89. The predicted molar refractivity (Wildman–Crippen MR) is 92.0 cm³/mol. The fraction of sp³-hybridized carbons (Fsp3) is 0.400. The van der Waals surface area contributed by atoms with Crippen LogP contribution in [0.15, 0.2) is 36.4 Å². The van der Waals surface area contributed by atoms with Gasteiger partial charge in [-0.3, -0.25) is 0 Å². The van der Waals surface area contributed by atoms with E-state index in [9.17, 15) is 0 Å². The Morgan fingerprint density at radius 3 is 1.43 bits per heavy atom. The van der Waals surface area contributed by atoms with Gasteiger partial charge in [0.1, 0.15) is 0 Å². The van der Waals surface area contributed by atoms with E-state index in [1.165, 1.54) is 33.4 Å². The third-order valence-electron chi connectivity index (χ3n) is 3.75. The molecule has 0 atom stereocenters. The van der Waals surface area contributed by atoms with Crippen molar-refractivity contribution in [2.24, 2.45) is 0 Å². The Morgan fingerprint density at radius 1 is 0.714 bits per heavy atom. The molecule has 2 aromatic rings. The zero-order chi connectivity index (χ0) is 15.4. The highest BCUT2D eigenvalue weighted by Crippen LogP contribution is 2.26. The van der Waals surface area contributed by atoms with Crippen LogP contribution in [0.2, 0.25) is 0 Å². The molecular formula is C20H27N. The van der Waals surface area contributed by atoms with Crippen molar-refractivity contribution in [3.8, 4) is 0 Å². The number of rotatable bonds is 5. The normalized spacial score (nSPS) is 11.1. The Kier molecular flexibility index (Phi) is 5.19. The molecule has 2 rings (SSSR count). The van der Waals surface area contributed by atoms with Gasteiger partial charge in [-0.2, -0.15) is 0 Å². The molecule has 0 saturated carbocycles. The van der Waals surface area contributed by atoms with Gasteiger partial charge in [0.25, 0.3) is 0 Å². The van der Waals surface area contributed by atoms with E-state index in [1.54, 1.807) is 0 Å². The highest BCUT2D eigenvalue weighted by atomic mass is 14.9. The maximum Gasteiger partial charge on any atom is 0.0577 e. The molecule has 0 aliphatic carbocycles. The number of nitrogens with one attached hydrogen (secondary N) is 1. The molecule has 0 spiro atoms. The number of hydrogen-bond acceptors (Lipinski definition) is 1. The van der Waals surface area contributed by atoms with Crippen molar-refractivity contribution in [2.45, 2.75) is 47.1 Å². The van der Waals surface area contributed by atoms with E-state index in [1.807, 2.05) is 0 Å². The van der Waals surface area contributed by atoms with Gasteiger partial charge < -0.3 is 5.32 Å². The molecule has 112 valence electrons. The quantitative estimate of drug-likeness (QED) is 0.812. The van der Waals surface area contributed by atoms with Gasteiger partial charge >= 0.3 is 0 Å². The van der Waals surface area contributed by atoms with Gasteiger partial charge in [-0.1, -0.05) is 65.6 Å². The summed E-state index contributed by atoms with van der Waals surface area (Å²) in [6.07, 6.45) is 1.14. The lowest BCUT2D eigenvalue weighted by atomic mass is 9.93. The third-order valence-corrected chi connectivity index (χ3v) is 3.75. The first-order valence-electron chi connectivity index (χ1n) is 7.89. The molecule has 0 unspecified atom stereocenters. The Balaban J connectivity index is 2.46. The lowest BCUT2D eigenvalue weighted by Gasteiger charge is -2.22. The molecular weight excluding hydrogens is 254 g/mol. The Labute approximate surface area is 129 Å². The zero-order valence-electron chi connectivity index (χ0n) is 14.0. The average molecular weight is 281 g/mol. The molecule has 1 nitrogen and oxygen atoms in total. The smallest absolute Gasteiger partial charge is 0.0577 e. The van der Waals surface area contributed by atoms with Crippen molar-refractivity contribution in [1.29, 1.82) is 0 Å². The Morgan fingerprint density at radius 2 is 1.10 bits per heavy atom. The summed E-state index contributed by atoms with van der Waals surface area (Å²) in [5, 5.41) is 3.71. The van der Waals surface area contributed by atoms with Crippen LogP contribution in [0.4, 0.5) is 0 Å². The fourth-order valence-corrected chi connectivity index (χ4v) is 3.07. The van der Waals surface area contributed by atoms with Crippen molar-refractivity contribution >= 4 is 0 Å². The van der Waals surface area contributed by atoms with Crippen LogP contribution in [-0.4, -0.2) is 6.54 Å². The van der Waals surface area contributed by atoms with Gasteiger partial charge in [-0.05, 0) is 51.8 Å². The summed E-state index contributed by atoms with van der Waals surface area (Å²) in [6, 6.07) is 14.0. The van der Waals surface area contributed by atoms with Crippen LogP contribution in [0.3, 0.4) is 0 Å². The molecule has 0 aliphatic rings. The molecule has 0 fully saturated rings. The molecule has 0 bridgehead atoms. The summed E-state index contributed by atoms with van der Waals surface area (Å²) in [6.45, 7) is 11.9. The minimum Gasteiger partial charge on any atom is -0.306 e. The third kappa shape index (κ3) is 4.18. The lowest BCUT2D eigenvalue weighted by molar-refractivity contribution is 0.597. The lowest BCUT2D eigenvalue weighted by Crippen LogP contribution is -2.23. The summed E-state index contributed by atoms with van der Waals surface area (Å²) < 4.78 is 0. The summed E-state index contributed by atoms with van der Waals surface area (Å²) in [5.74, 6) is 0.